The number of H-pyrrole nitrogens is 1. The number of aromatic amines is 1. The van der Waals surface area contributed by atoms with Crippen LogP contribution in [0.1, 0.15) is 46.6 Å². The molecule has 1 amide bonds. The highest BCUT2D eigenvalue weighted by atomic mass is 31.2. The van der Waals surface area contributed by atoms with Crippen LogP contribution in [-0.2, 0) is 48.9 Å². The third-order valence-corrected chi connectivity index (χ3v) is 8.10. The maximum atomic E-state index is 14.3. The first-order chi connectivity index (χ1) is 21.9. The molecule has 0 saturated heterocycles. The smallest absolute Gasteiger partial charge is 0.459 e. The van der Waals surface area contributed by atoms with Crippen molar-refractivity contribution in [3.05, 3.63) is 66.4 Å². The summed E-state index contributed by atoms with van der Waals surface area (Å²) in [5.74, 6) is -2.44. The standard InChI is InChI=1S/C32H42N3O10P/c1-6-41-32(39)30(17-24-18-33-28-15-11-10-14-27(24)28)34-31(38)29(16-21(2)3)35-46(40,45-25-12-8-7-9-13-25)43-20-26(44-23(5)37)19-42-22(4)36/h7-15,18,21,26,29-30,33H,6,16-17,19-20H2,1-5H3,(H,34,38)(H,35,40)/t26-,29-,30?,46?/m0/s1. The van der Waals surface area contributed by atoms with Crippen molar-refractivity contribution in [2.24, 2.45) is 5.92 Å². The molecule has 0 aliphatic heterocycles. The molecule has 250 valence electrons. The number of para-hydroxylation sites is 2. The van der Waals surface area contributed by atoms with Gasteiger partial charge in [0.25, 0.3) is 0 Å². The van der Waals surface area contributed by atoms with Gasteiger partial charge in [0.15, 0.2) is 6.10 Å². The summed E-state index contributed by atoms with van der Waals surface area (Å²) in [5, 5.41) is 6.41. The molecule has 3 rings (SSSR count). The number of hydrogen-bond donors (Lipinski definition) is 3. The first-order valence-corrected chi connectivity index (χ1v) is 16.5. The minimum atomic E-state index is -4.38. The molecular formula is C32H42N3O10P. The predicted octanol–water partition coefficient (Wildman–Crippen LogP) is 4.46. The lowest BCUT2D eigenvalue weighted by molar-refractivity contribution is -0.158. The largest absolute Gasteiger partial charge is 0.464 e. The summed E-state index contributed by atoms with van der Waals surface area (Å²) in [6.07, 6.45) is 0.981. The molecule has 13 nitrogen and oxygen atoms in total. The van der Waals surface area contributed by atoms with E-state index in [1.807, 2.05) is 38.1 Å². The van der Waals surface area contributed by atoms with E-state index in [4.69, 9.17) is 23.3 Å². The number of carbonyl (C=O) groups is 4. The lowest BCUT2D eigenvalue weighted by Gasteiger charge is -2.28. The molecule has 0 saturated carbocycles. The lowest BCUT2D eigenvalue weighted by atomic mass is 10.0. The number of aromatic nitrogens is 1. The molecule has 3 N–H and O–H groups in total. The highest BCUT2D eigenvalue weighted by molar-refractivity contribution is 7.52. The van der Waals surface area contributed by atoms with Gasteiger partial charge < -0.3 is 29.0 Å². The van der Waals surface area contributed by atoms with Crippen LogP contribution in [0.3, 0.4) is 0 Å². The number of nitrogens with one attached hydrogen (secondary N) is 3. The quantitative estimate of drug-likeness (QED) is 0.100. The monoisotopic (exact) mass is 659 g/mol. The molecule has 4 atom stereocenters. The normalized spacial score (nSPS) is 14.5. The summed E-state index contributed by atoms with van der Waals surface area (Å²) in [7, 11) is -4.38. The molecule has 1 aromatic heterocycles. The highest BCUT2D eigenvalue weighted by Crippen LogP contribution is 2.45. The minimum absolute atomic E-state index is 0.0687. The van der Waals surface area contributed by atoms with Gasteiger partial charge in [-0.25, -0.2) is 9.36 Å². The van der Waals surface area contributed by atoms with Crippen molar-refractivity contribution in [2.75, 3.05) is 19.8 Å². The average Bonchev–Trinajstić information content (AvgIpc) is 3.40. The molecule has 46 heavy (non-hydrogen) atoms. The Morgan fingerprint density at radius 1 is 0.891 bits per heavy atom. The van der Waals surface area contributed by atoms with Crippen LogP contribution in [0, 0.1) is 5.92 Å². The molecule has 2 aromatic carbocycles. The summed E-state index contributed by atoms with van der Waals surface area (Å²) in [6, 6.07) is 13.5. The first-order valence-electron chi connectivity index (χ1n) is 15.0. The van der Waals surface area contributed by atoms with Crippen LogP contribution in [0.25, 0.3) is 10.9 Å². The van der Waals surface area contributed by atoms with Gasteiger partial charge >= 0.3 is 25.7 Å². The van der Waals surface area contributed by atoms with E-state index in [9.17, 15) is 23.7 Å². The number of ether oxygens (including phenoxy) is 3. The van der Waals surface area contributed by atoms with Gasteiger partial charge in [0.1, 0.15) is 18.4 Å². The fraction of sp³-hybridized carbons (Fsp3) is 0.438. The van der Waals surface area contributed by atoms with Crippen LogP contribution in [0.2, 0.25) is 0 Å². The van der Waals surface area contributed by atoms with Gasteiger partial charge in [0, 0.05) is 37.4 Å². The van der Waals surface area contributed by atoms with Crippen molar-refractivity contribution in [1.29, 1.82) is 0 Å². The van der Waals surface area contributed by atoms with Crippen molar-refractivity contribution in [3.63, 3.8) is 0 Å². The Morgan fingerprint density at radius 2 is 1.59 bits per heavy atom. The van der Waals surface area contributed by atoms with Gasteiger partial charge in [0.2, 0.25) is 5.91 Å². The van der Waals surface area contributed by atoms with Gasteiger partial charge in [-0.1, -0.05) is 50.2 Å². The highest BCUT2D eigenvalue weighted by Gasteiger charge is 2.37. The van der Waals surface area contributed by atoms with Crippen LogP contribution in [-0.4, -0.2) is 66.8 Å². The molecule has 0 spiro atoms. The number of carbonyl (C=O) groups excluding carboxylic acids is 4. The molecular weight excluding hydrogens is 617 g/mol. The fourth-order valence-corrected chi connectivity index (χ4v) is 6.11. The van der Waals surface area contributed by atoms with E-state index in [0.717, 1.165) is 16.5 Å². The van der Waals surface area contributed by atoms with E-state index in [-0.39, 0.29) is 37.7 Å². The second-order valence-electron chi connectivity index (χ2n) is 10.9. The van der Waals surface area contributed by atoms with Crippen LogP contribution in [0.4, 0.5) is 0 Å². The number of amides is 1. The molecule has 0 fully saturated rings. The molecule has 0 bridgehead atoms. The average molecular weight is 660 g/mol. The Kier molecular flexibility index (Phi) is 13.8. The lowest BCUT2D eigenvalue weighted by Crippen LogP contribution is -2.51. The Hall–Kier alpha value is -4.19. The van der Waals surface area contributed by atoms with Crippen molar-refractivity contribution in [3.8, 4) is 5.75 Å². The molecule has 0 radical (unpaired) electrons. The van der Waals surface area contributed by atoms with Crippen molar-refractivity contribution >= 4 is 42.5 Å². The van der Waals surface area contributed by atoms with Gasteiger partial charge in [-0.05, 0) is 43.0 Å². The Labute approximate surface area is 268 Å². The van der Waals surface area contributed by atoms with Gasteiger partial charge in [0.05, 0.1) is 19.3 Å². The van der Waals surface area contributed by atoms with Crippen molar-refractivity contribution < 1.29 is 47.0 Å². The molecule has 3 aromatic rings. The number of esters is 3. The third-order valence-electron chi connectivity index (χ3n) is 6.53. The number of rotatable bonds is 18. The van der Waals surface area contributed by atoms with Crippen LogP contribution in [0.5, 0.6) is 5.75 Å². The minimum Gasteiger partial charge on any atom is -0.464 e. The fourth-order valence-electron chi connectivity index (χ4n) is 4.56. The van der Waals surface area contributed by atoms with E-state index >= 15 is 0 Å². The van der Waals surface area contributed by atoms with E-state index in [1.54, 1.807) is 43.5 Å². The molecule has 1 heterocycles. The summed E-state index contributed by atoms with van der Waals surface area (Å²) in [6.45, 7) is 7.03. The van der Waals surface area contributed by atoms with Gasteiger partial charge in [-0.2, -0.15) is 5.09 Å². The second-order valence-corrected chi connectivity index (χ2v) is 12.6. The maximum absolute atomic E-state index is 14.3. The zero-order valence-electron chi connectivity index (χ0n) is 26.6. The molecule has 14 heteroatoms. The molecule has 0 aliphatic carbocycles. The van der Waals surface area contributed by atoms with Crippen molar-refractivity contribution in [1.82, 2.24) is 15.4 Å². The summed E-state index contributed by atoms with van der Waals surface area (Å²) in [5.41, 5.74) is 1.68. The molecule has 2 unspecified atom stereocenters. The van der Waals surface area contributed by atoms with Crippen LogP contribution < -0.4 is 14.9 Å². The zero-order chi connectivity index (χ0) is 33.7. The Balaban J connectivity index is 1.88. The van der Waals surface area contributed by atoms with Gasteiger partial charge in [-0.15, -0.1) is 0 Å². The Bertz CT molecular complexity index is 1510. The van der Waals surface area contributed by atoms with E-state index in [1.165, 1.54) is 13.8 Å². The predicted molar refractivity (Wildman–Crippen MR) is 170 cm³/mol. The number of hydrogen-bond acceptors (Lipinski definition) is 10. The van der Waals surface area contributed by atoms with E-state index in [0.29, 0.717) is 0 Å². The third kappa shape index (κ3) is 11.6. The topological polar surface area (TPSA) is 171 Å². The summed E-state index contributed by atoms with van der Waals surface area (Å²) in [4.78, 5) is 53.1. The SMILES string of the molecule is CCOC(=O)C(Cc1c[nH]c2ccccc12)NC(=O)[C@H](CC(C)C)NP(=O)(OC[C@H](COC(C)=O)OC(C)=O)Oc1ccccc1. The Morgan fingerprint density at radius 3 is 2.24 bits per heavy atom. The number of benzene rings is 2. The molecule has 0 aliphatic rings. The van der Waals surface area contributed by atoms with E-state index in [2.05, 4.69) is 15.4 Å². The van der Waals surface area contributed by atoms with Crippen molar-refractivity contribution in [2.45, 2.75) is 65.6 Å². The second kappa shape index (κ2) is 17.5. The van der Waals surface area contributed by atoms with Crippen LogP contribution >= 0.6 is 7.75 Å². The first kappa shape index (κ1) is 36.3. The maximum Gasteiger partial charge on any atom is 0.459 e. The van der Waals surface area contributed by atoms with E-state index < -0.39 is 56.4 Å². The zero-order valence-corrected chi connectivity index (χ0v) is 27.5. The summed E-state index contributed by atoms with van der Waals surface area (Å²) < 4.78 is 41.1. The van der Waals surface area contributed by atoms with Crippen LogP contribution in [0.15, 0.2) is 60.8 Å². The summed E-state index contributed by atoms with van der Waals surface area (Å²) >= 11 is 0. The number of fused-ring (bicyclic) bond motifs is 1. The van der Waals surface area contributed by atoms with Gasteiger partial charge in [-0.3, -0.25) is 18.9 Å².